The molecular weight excluding hydrogens is 344 g/mol. The summed E-state index contributed by atoms with van der Waals surface area (Å²) < 4.78 is 27.3. The normalized spacial score (nSPS) is 27.5. The molecule has 7 nitrogen and oxygen atoms in total. The number of piperidine rings is 2. The lowest BCUT2D eigenvalue weighted by atomic mass is 9.99. The van der Waals surface area contributed by atoms with Crippen molar-refractivity contribution in [3.63, 3.8) is 0 Å². The molecule has 2 heterocycles. The molecule has 3 rings (SSSR count). The summed E-state index contributed by atoms with van der Waals surface area (Å²) in [6.45, 7) is 1.48. The third-order valence-corrected chi connectivity index (χ3v) is 8.29. The van der Waals surface area contributed by atoms with Gasteiger partial charge < -0.3 is 10.0 Å². The second kappa shape index (κ2) is 7.61. The number of amides is 1. The Labute approximate surface area is 149 Å². The van der Waals surface area contributed by atoms with E-state index in [2.05, 4.69) is 0 Å². The lowest BCUT2D eigenvalue weighted by molar-refractivity contribution is -0.143. The van der Waals surface area contributed by atoms with Crippen LogP contribution in [0.15, 0.2) is 0 Å². The number of likely N-dealkylation sites (tertiary alicyclic amines) is 1. The largest absolute Gasteiger partial charge is 0.481 e. The van der Waals surface area contributed by atoms with Crippen molar-refractivity contribution in [1.29, 1.82) is 0 Å². The first kappa shape index (κ1) is 18.6. The van der Waals surface area contributed by atoms with Crippen molar-refractivity contribution in [3.8, 4) is 0 Å². The van der Waals surface area contributed by atoms with Crippen molar-refractivity contribution >= 4 is 21.9 Å². The van der Waals surface area contributed by atoms with Gasteiger partial charge in [-0.1, -0.05) is 12.8 Å². The molecular formula is C17H28N2O5S. The molecule has 1 amide bonds. The standard InChI is InChI=1S/C17H28N2O5S/c20-16(13-4-1-2-5-13)18-9-3-6-15(12-18)25(23,24)19-10-7-14(8-11-19)17(21)22/h13-15H,1-12H2,(H,21,22). The van der Waals surface area contributed by atoms with Crippen molar-refractivity contribution in [3.05, 3.63) is 0 Å². The molecule has 0 aromatic carbocycles. The van der Waals surface area contributed by atoms with Crippen LogP contribution in [0.25, 0.3) is 0 Å². The van der Waals surface area contributed by atoms with Gasteiger partial charge >= 0.3 is 5.97 Å². The number of carbonyl (C=O) groups is 2. The Balaban J connectivity index is 1.62. The Morgan fingerprint density at radius 1 is 0.840 bits per heavy atom. The second-order valence-corrected chi connectivity index (χ2v) is 9.80. The summed E-state index contributed by atoms with van der Waals surface area (Å²) in [5, 5.41) is 8.52. The number of carboxylic acids is 1. The molecule has 0 aromatic heterocycles. The van der Waals surface area contributed by atoms with E-state index in [1.54, 1.807) is 4.90 Å². The van der Waals surface area contributed by atoms with E-state index in [9.17, 15) is 18.0 Å². The summed E-state index contributed by atoms with van der Waals surface area (Å²) in [5.41, 5.74) is 0. The molecule has 2 saturated heterocycles. The zero-order valence-corrected chi connectivity index (χ0v) is 15.4. The van der Waals surface area contributed by atoms with E-state index in [4.69, 9.17) is 5.11 Å². The number of aliphatic carboxylic acids is 1. The third kappa shape index (κ3) is 4.00. The minimum atomic E-state index is -3.48. The highest BCUT2D eigenvalue weighted by Crippen LogP contribution is 2.30. The van der Waals surface area contributed by atoms with Gasteiger partial charge in [-0.05, 0) is 38.5 Å². The van der Waals surface area contributed by atoms with Crippen LogP contribution in [0, 0.1) is 11.8 Å². The van der Waals surface area contributed by atoms with Crippen LogP contribution in [0.3, 0.4) is 0 Å². The SMILES string of the molecule is O=C(O)C1CCN(S(=O)(=O)C2CCCN(C(=O)C3CCCC3)C2)CC1. The van der Waals surface area contributed by atoms with Crippen LogP contribution in [0.5, 0.6) is 0 Å². The number of sulfonamides is 1. The Kier molecular flexibility index (Phi) is 5.68. The highest BCUT2D eigenvalue weighted by Gasteiger charge is 2.40. The van der Waals surface area contributed by atoms with Crippen molar-refractivity contribution in [2.75, 3.05) is 26.2 Å². The molecule has 142 valence electrons. The molecule has 1 atom stereocenters. The first-order valence-corrected chi connectivity index (χ1v) is 10.9. The number of carbonyl (C=O) groups excluding carboxylic acids is 1. The number of hydrogen-bond donors (Lipinski definition) is 1. The average Bonchev–Trinajstić information content (AvgIpc) is 3.16. The summed E-state index contributed by atoms with van der Waals surface area (Å²) in [6.07, 6.45) is 6.06. The molecule has 0 bridgehead atoms. The van der Waals surface area contributed by atoms with E-state index in [1.165, 1.54) is 4.31 Å². The predicted octanol–water partition coefficient (Wildman–Crippen LogP) is 1.29. The van der Waals surface area contributed by atoms with Gasteiger partial charge in [-0.15, -0.1) is 0 Å². The number of hydrogen-bond acceptors (Lipinski definition) is 4. The second-order valence-electron chi connectivity index (χ2n) is 7.59. The monoisotopic (exact) mass is 372 g/mol. The van der Waals surface area contributed by atoms with Crippen molar-refractivity contribution in [2.24, 2.45) is 11.8 Å². The van der Waals surface area contributed by atoms with Crippen LogP contribution in [-0.2, 0) is 19.6 Å². The average molecular weight is 372 g/mol. The van der Waals surface area contributed by atoms with Gasteiger partial charge in [-0.3, -0.25) is 9.59 Å². The van der Waals surface area contributed by atoms with Gasteiger partial charge in [0.25, 0.3) is 0 Å². The van der Waals surface area contributed by atoms with Crippen LogP contribution in [0.2, 0.25) is 0 Å². The lowest BCUT2D eigenvalue weighted by Gasteiger charge is -2.38. The highest BCUT2D eigenvalue weighted by atomic mass is 32.2. The Morgan fingerprint density at radius 2 is 1.48 bits per heavy atom. The van der Waals surface area contributed by atoms with Crippen LogP contribution in [0.4, 0.5) is 0 Å². The molecule has 1 aliphatic carbocycles. The van der Waals surface area contributed by atoms with Crippen molar-refractivity contribution in [2.45, 2.75) is 56.6 Å². The molecule has 2 aliphatic heterocycles. The fourth-order valence-corrected chi connectivity index (χ4v) is 6.35. The van der Waals surface area contributed by atoms with E-state index >= 15 is 0 Å². The maximum Gasteiger partial charge on any atom is 0.306 e. The molecule has 0 radical (unpaired) electrons. The van der Waals surface area contributed by atoms with Gasteiger partial charge in [-0.25, -0.2) is 12.7 Å². The molecule has 25 heavy (non-hydrogen) atoms. The van der Waals surface area contributed by atoms with Crippen LogP contribution in [-0.4, -0.2) is 66.0 Å². The first-order valence-electron chi connectivity index (χ1n) is 9.40. The maximum atomic E-state index is 12.9. The molecule has 0 spiro atoms. The quantitative estimate of drug-likeness (QED) is 0.802. The Bertz CT molecular complexity index is 607. The summed E-state index contributed by atoms with van der Waals surface area (Å²) in [5.74, 6) is -1.09. The maximum absolute atomic E-state index is 12.9. The summed E-state index contributed by atoms with van der Waals surface area (Å²) in [7, 11) is -3.48. The summed E-state index contributed by atoms with van der Waals surface area (Å²) in [4.78, 5) is 25.4. The van der Waals surface area contributed by atoms with Crippen molar-refractivity contribution in [1.82, 2.24) is 9.21 Å². The predicted molar refractivity (Wildman–Crippen MR) is 92.4 cm³/mol. The smallest absolute Gasteiger partial charge is 0.306 e. The minimum Gasteiger partial charge on any atom is -0.481 e. The van der Waals surface area contributed by atoms with Gasteiger partial charge in [0.1, 0.15) is 0 Å². The molecule has 8 heteroatoms. The third-order valence-electron chi connectivity index (χ3n) is 5.98. The van der Waals surface area contributed by atoms with E-state index in [1.807, 2.05) is 0 Å². The Morgan fingerprint density at radius 3 is 2.08 bits per heavy atom. The fourth-order valence-electron chi connectivity index (χ4n) is 4.38. The molecule has 3 fully saturated rings. The Hall–Kier alpha value is -1.15. The molecule has 3 aliphatic rings. The van der Waals surface area contributed by atoms with Crippen LogP contribution >= 0.6 is 0 Å². The van der Waals surface area contributed by atoms with E-state index in [-0.39, 0.29) is 31.5 Å². The molecule has 1 N–H and O–H groups in total. The zero-order valence-electron chi connectivity index (χ0n) is 14.6. The number of carboxylic acid groups (broad SMARTS) is 1. The van der Waals surface area contributed by atoms with Gasteiger partial charge in [0.15, 0.2) is 0 Å². The molecule has 1 saturated carbocycles. The summed E-state index contributed by atoms with van der Waals surface area (Å²) in [6, 6.07) is 0. The van der Waals surface area contributed by atoms with Gasteiger partial charge in [0.05, 0.1) is 11.2 Å². The van der Waals surface area contributed by atoms with E-state index < -0.39 is 27.2 Å². The van der Waals surface area contributed by atoms with Gasteiger partial charge in [0, 0.05) is 32.1 Å². The van der Waals surface area contributed by atoms with Crippen molar-refractivity contribution < 1.29 is 23.1 Å². The highest BCUT2D eigenvalue weighted by molar-refractivity contribution is 7.89. The fraction of sp³-hybridized carbons (Fsp3) is 0.882. The van der Waals surface area contributed by atoms with Crippen LogP contribution in [0.1, 0.15) is 51.4 Å². The minimum absolute atomic E-state index is 0.0766. The van der Waals surface area contributed by atoms with E-state index in [0.29, 0.717) is 32.2 Å². The summed E-state index contributed by atoms with van der Waals surface area (Å²) >= 11 is 0. The molecule has 0 aromatic rings. The molecule has 1 unspecified atom stereocenters. The lowest BCUT2D eigenvalue weighted by Crippen LogP contribution is -2.52. The first-order chi connectivity index (χ1) is 11.9. The zero-order chi connectivity index (χ0) is 18.0. The number of rotatable bonds is 4. The topological polar surface area (TPSA) is 95.0 Å². The van der Waals surface area contributed by atoms with E-state index in [0.717, 1.165) is 25.7 Å². The number of nitrogens with zero attached hydrogens (tertiary/aromatic N) is 2. The van der Waals surface area contributed by atoms with Gasteiger partial charge in [-0.2, -0.15) is 0 Å². The van der Waals surface area contributed by atoms with Crippen LogP contribution < -0.4 is 0 Å². The van der Waals surface area contributed by atoms with Gasteiger partial charge in [0.2, 0.25) is 15.9 Å².